The zero-order chi connectivity index (χ0) is 22.6. The van der Waals surface area contributed by atoms with Crippen molar-refractivity contribution in [1.82, 2.24) is 15.1 Å². The molecule has 0 spiro atoms. The van der Waals surface area contributed by atoms with Crippen LogP contribution >= 0.6 is 0 Å². The average molecular weight is 415 g/mol. The van der Waals surface area contributed by atoms with Crippen LogP contribution in [0.2, 0.25) is 0 Å². The van der Waals surface area contributed by atoms with Gasteiger partial charge >= 0.3 is 18.2 Å². The highest BCUT2D eigenvalue weighted by atomic mass is 16.6. The highest BCUT2D eigenvalue weighted by molar-refractivity contribution is 5.84. The molecular formula is C19H33N3O7. The van der Waals surface area contributed by atoms with E-state index in [1.165, 1.54) is 19.1 Å². The number of esters is 1. The second-order valence-corrected chi connectivity index (χ2v) is 9.01. The van der Waals surface area contributed by atoms with E-state index in [9.17, 15) is 19.2 Å². The summed E-state index contributed by atoms with van der Waals surface area (Å²) in [6.07, 6.45) is -1.09. The van der Waals surface area contributed by atoms with Crippen molar-refractivity contribution >= 4 is 24.1 Å². The van der Waals surface area contributed by atoms with Crippen molar-refractivity contribution < 1.29 is 33.4 Å². The third-order valence-electron chi connectivity index (χ3n) is 3.85. The number of rotatable bonds is 4. The summed E-state index contributed by atoms with van der Waals surface area (Å²) in [5, 5.41) is 2.74. The number of amides is 3. The molecule has 0 bridgehead atoms. The third-order valence-corrected chi connectivity index (χ3v) is 3.85. The number of nitrogens with one attached hydrogen (secondary N) is 1. The predicted octanol–water partition coefficient (Wildman–Crippen LogP) is 1.52. The Labute approximate surface area is 171 Å². The third kappa shape index (κ3) is 8.16. The number of methoxy groups -OCH3 is 1. The first-order chi connectivity index (χ1) is 13.1. The van der Waals surface area contributed by atoms with Crippen LogP contribution in [0.5, 0.6) is 0 Å². The van der Waals surface area contributed by atoms with E-state index >= 15 is 0 Å². The van der Waals surface area contributed by atoms with Crippen molar-refractivity contribution in [2.75, 3.05) is 27.2 Å². The van der Waals surface area contributed by atoms with Crippen LogP contribution in [0.4, 0.5) is 9.59 Å². The zero-order valence-corrected chi connectivity index (χ0v) is 18.5. The van der Waals surface area contributed by atoms with Crippen molar-refractivity contribution in [2.45, 2.75) is 71.2 Å². The summed E-state index contributed by atoms with van der Waals surface area (Å²) in [5.41, 5.74) is -1.40. The van der Waals surface area contributed by atoms with Gasteiger partial charge in [-0.1, -0.05) is 0 Å². The van der Waals surface area contributed by atoms with Crippen LogP contribution < -0.4 is 5.32 Å². The summed E-state index contributed by atoms with van der Waals surface area (Å²) in [7, 11) is 2.68. The number of nitrogens with zero attached hydrogens (tertiary/aromatic N) is 2. The fourth-order valence-corrected chi connectivity index (χ4v) is 2.72. The number of carbonyl (C=O) groups excluding carboxylic acids is 4. The lowest BCUT2D eigenvalue weighted by molar-refractivity contribution is -0.145. The topological polar surface area (TPSA) is 114 Å². The van der Waals surface area contributed by atoms with Crippen molar-refractivity contribution in [2.24, 2.45) is 0 Å². The molecule has 3 amide bonds. The minimum Gasteiger partial charge on any atom is -0.467 e. The monoisotopic (exact) mass is 415 g/mol. The average Bonchev–Trinajstić information content (AvgIpc) is 2.94. The lowest BCUT2D eigenvalue weighted by Gasteiger charge is -2.27. The lowest BCUT2D eigenvalue weighted by atomic mass is 10.1. The Kier molecular flexibility index (Phi) is 7.88. The van der Waals surface area contributed by atoms with Gasteiger partial charge in [0.2, 0.25) is 5.91 Å². The number of hydrogen-bond donors (Lipinski definition) is 1. The van der Waals surface area contributed by atoms with Crippen LogP contribution in [0.25, 0.3) is 0 Å². The second-order valence-electron chi connectivity index (χ2n) is 9.01. The van der Waals surface area contributed by atoms with Crippen molar-refractivity contribution in [3.63, 3.8) is 0 Å². The molecule has 2 atom stereocenters. The molecule has 0 saturated carbocycles. The Balaban J connectivity index is 2.72. The van der Waals surface area contributed by atoms with Crippen LogP contribution in [0.1, 0.15) is 48.0 Å². The van der Waals surface area contributed by atoms with Crippen LogP contribution in [0, 0.1) is 0 Å². The highest BCUT2D eigenvalue weighted by Crippen LogP contribution is 2.22. The van der Waals surface area contributed by atoms with Gasteiger partial charge in [0.15, 0.2) is 0 Å². The minimum atomic E-state index is -0.858. The maximum atomic E-state index is 12.4. The van der Waals surface area contributed by atoms with Gasteiger partial charge in [0.25, 0.3) is 0 Å². The van der Waals surface area contributed by atoms with Crippen molar-refractivity contribution in [3.8, 4) is 0 Å². The SMILES string of the molecule is COC(=O)C1CC(NC(=O)CN(C)C(=O)OC(C)(C)C)CN1C(=O)OC(C)(C)C. The summed E-state index contributed by atoms with van der Waals surface area (Å²) in [6.45, 7) is 10.2. The molecule has 0 aromatic rings. The maximum Gasteiger partial charge on any atom is 0.411 e. The van der Waals surface area contributed by atoms with E-state index in [4.69, 9.17) is 14.2 Å². The molecule has 10 heteroatoms. The van der Waals surface area contributed by atoms with Crippen LogP contribution in [0.3, 0.4) is 0 Å². The van der Waals surface area contributed by atoms with Crippen molar-refractivity contribution in [3.05, 3.63) is 0 Å². The molecule has 1 fully saturated rings. The van der Waals surface area contributed by atoms with Gasteiger partial charge < -0.3 is 24.4 Å². The standard InChI is InChI=1S/C19H33N3O7/c1-18(2,3)28-16(25)21(7)11-14(23)20-12-9-13(15(24)27-8)22(10-12)17(26)29-19(4,5)6/h12-13H,9-11H2,1-8H3,(H,20,23). The molecule has 2 unspecified atom stereocenters. The summed E-state index contributed by atoms with van der Waals surface area (Å²) in [5.74, 6) is -1.02. The molecule has 0 aliphatic carbocycles. The zero-order valence-electron chi connectivity index (χ0n) is 18.5. The summed E-state index contributed by atoms with van der Waals surface area (Å²) < 4.78 is 15.3. The second kappa shape index (κ2) is 9.32. The van der Waals surface area contributed by atoms with E-state index < -0.39 is 47.3 Å². The Hall–Kier alpha value is -2.52. The van der Waals surface area contributed by atoms with Crippen molar-refractivity contribution in [1.29, 1.82) is 0 Å². The largest absolute Gasteiger partial charge is 0.467 e. The number of ether oxygens (including phenoxy) is 3. The van der Waals surface area contributed by atoms with E-state index in [-0.39, 0.29) is 19.5 Å². The van der Waals surface area contributed by atoms with Gasteiger partial charge in [-0.25, -0.2) is 14.4 Å². The molecule has 1 aliphatic heterocycles. The van der Waals surface area contributed by atoms with Gasteiger partial charge in [-0.2, -0.15) is 0 Å². The van der Waals surface area contributed by atoms with Gasteiger partial charge in [-0.15, -0.1) is 0 Å². The quantitative estimate of drug-likeness (QED) is 0.547. The molecule has 10 nitrogen and oxygen atoms in total. The van der Waals surface area contributed by atoms with Gasteiger partial charge in [0.05, 0.1) is 7.11 Å². The molecule has 1 saturated heterocycles. The first-order valence-electron chi connectivity index (χ1n) is 9.44. The molecule has 29 heavy (non-hydrogen) atoms. The smallest absolute Gasteiger partial charge is 0.411 e. The van der Waals surface area contributed by atoms with E-state index in [0.29, 0.717) is 0 Å². The molecule has 1 rings (SSSR count). The molecule has 1 aliphatic rings. The Morgan fingerprint density at radius 1 is 1.03 bits per heavy atom. The van der Waals surface area contributed by atoms with Gasteiger partial charge in [0, 0.05) is 26.1 Å². The van der Waals surface area contributed by atoms with E-state index in [1.54, 1.807) is 41.5 Å². The molecular weight excluding hydrogens is 382 g/mol. The number of likely N-dealkylation sites (tertiary alicyclic amines) is 1. The van der Waals surface area contributed by atoms with Crippen LogP contribution in [-0.2, 0) is 23.8 Å². The van der Waals surface area contributed by atoms with Gasteiger partial charge in [-0.3, -0.25) is 9.69 Å². The minimum absolute atomic E-state index is 0.0938. The Morgan fingerprint density at radius 2 is 1.59 bits per heavy atom. The number of carbonyl (C=O) groups is 4. The normalized spacial score (nSPS) is 19.4. The molecule has 166 valence electrons. The molecule has 1 N–H and O–H groups in total. The van der Waals surface area contributed by atoms with Crippen LogP contribution in [-0.4, -0.2) is 84.4 Å². The fourth-order valence-electron chi connectivity index (χ4n) is 2.72. The van der Waals surface area contributed by atoms with E-state index in [1.807, 2.05) is 0 Å². The summed E-state index contributed by atoms with van der Waals surface area (Å²) in [4.78, 5) is 51.2. The molecule has 1 heterocycles. The summed E-state index contributed by atoms with van der Waals surface area (Å²) >= 11 is 0. The number of likely N-dealkylation sites (N-methyl/N-ethyl adjacent to an activating group) is 1. The molecule has 0 aromatic heterocycles. The van der Waals surface area contributed by atoms with E-state index in [2.05, 4.69) is 5.32 Å². The van der Waals surface area contributed by atoms with Gasteiger partial charge in [0.1, 0.15) is 23.8 Å². The Morgan fingerprint density at radius 3 is 2.07 bits per heavy atom. The Bertz CT molecular complexity index is 637. The lowest BCUT2D eigenvalue weighted by Crippen LogP contribution is -2.46. The first-order valence-corrected chi connectivity index (χ1v) is 9.44. The fraction of sp³-hybridized carbons (Fsp3) is 0.789. The maximum absolute atomic E-state index is 12.4. The van der Waals surface area contributed by atoms with E-state index in [0.717, 1.165) is 4.90 Å². The first kappa shape index (κ1) is 24.5. The summed E-state index contributed by atoms with van der Waals surface area (Å²) in [6, 6.07) is -1.34. The molecule has 0 radical (unpaired) electrons. The predicted molar refractivity (Wildman–Crippen MR) is 104 cm³/mol. The van der Waals surface area contributed by atoms with Crippen LogP contribution in [0.15, 0.2) is 0 Å². The number of hydrogen-bond acceptors (Lipinski definition) is 7. The van der Waals surface area contributed by atoms with Gasteiger partial charge in [-0.05, 0) is 41.5 Å². The highest BCUT2D eigenvalue weighted by Gasteiger charge is 2.42. The molecule has 0 aromatic carbocycles.